The summed E-state index contributed by atoms with van der Waals surface area (Å²) in [5.74, 6) is -1.88. The monoisotopic (exact) mass is 410 g/mol. The molecule has 2 aromatic rings. The van der Waals surface area contributed by atoms with E-state index in [0.29, 0.717) is 6.07 Å². The van der Waals surface area contributed by atoms with Crippen molar-refractivity contribution in [1.82, 2.24) is 10.3 Å². The lowest BCUT2D eigenvalue weighted by molar-refractivity contribution is -0.139. The third-order valence-electron chi connectivity index (χ3n) is 5.09. The SMILES string of the molecule is COc1ncc(C(=O)NC2CCCCCC2)cc1-c1cccc(C(F)(F)F)c1F. The molecular formula is C21H22F4N2O2. The normalized spacial score (nSPS) is 15.6. The van der Waals surface area contributed by atoms with Gasteiger partial charge in [-0.25, -0.2) is 9.37 Å². The summed E-state index contributed by atoms with van der Waals surface area (Å²) in [6.45, 7) is 0. The summed E-state index contributed by atoms with van der Waals surface area (Å²) >= 11 is 0. The van der Waals surface area contributed by atoms with Crippen molar-refractivity contribution in [3.63, 3.8) is 0 Å². The minimum atomic E-state index is -4.84. The molecule has 1 aromatic carbocycles. The third kappa shape index (κ3) is 4.86. The van der Waals surface area contributed by atoms with Gasteiger partial charge in [0.1, 0.15) is 5.82 Å². The number of nitrogens with zero attached hydrogens (tertiary/aromatic N) is 1. The van der Waals surface area contributed by atoms with Gasteiger partial charge in [0, 0.05) is 23.4 Å². The molecule has 0 spiro atoms. The van der Waals surface area contributed by atoms with Gasteiger partial charge in [-0.2, -0.15) is 13.2 Å². The number of pyridine rings is 1. The molecule has 0 bridgehead atoms. The molecule has 1 aromatic heterocycles. The Morgan fingerprint density at radius 1 is 1.14 bits per heavy atom. The molecule has 1 saturated carbocycles. The smallest absolute Gasteiger partial charge is 0.419 e. The Labute approximate surface area is 166 Å². The minimum absolute atomic E-state index is 0.00961. The van der Waals surface area contributed by atoms with Crippen molar-refractivity contribution in [2.75, 3.05) is 7.11 Å². The Bertz CT molecular complexity index is 875. The zero-order chi connectivity index (χ0) is 21.0. The van der Waals surface area contributed by atoms with E-state index in [9.17, 15) is 22.4 Å². The van der Waals surface area contributed by atoms with Crippen LogP contribution in [0.2, 0.25) is 0 Å². The maximum Gasteiger partial charge on any atom is 0.419 e. The fourth-order valence-corrected chi connectivity index (χ4v) is 3.58. The van der Waals surface area contributed by atoms with Crippen LogP contribution in [-0.4, -0.2) is 24.0 Å². The first-order valence-electron chi connectivity index (χ1n) is 9.52. The number of amides is 1. The van der Waals surface area contributed by atoms with Crippen LogP contribution < -0.4 is 10.1 Å². The molecule has 1 fully saturated rings. The van der Waals surface area contributed by atoms with Gasteiger partial charge >= 0.3 is 6.18 Å². The summed E-state index contributed by atoms with van der Waals surface area (Å²) in [5.41, 5.74) is -1.58. The molecule has 0 radical (unpaired) electrons. The first-order valence-corrected chi connectivity index (χ1v) is 9.52. The van der Waals surface area contributed by atoms with Crippen LogP contribution in [0.5, 0.6) is 5.88 Å². The highest BCUT2D eigenvalue weighted by molar-refractivity contribution is 5.95. The van der Waals surface area contributed by atoms with Gasteiger partial charge in [-0.1, -0.05) is 37.8 Å². The van der Waals surface area contributed by atoms with Gasteiger partial charge < -0.3 is 10.1 Å². The van der Waals surface area contributed by atoms with Gasteiger partial charge in [0.25, 0.3) is 5.91 Å². The number of ether oxygens (including phenoxy) is 1. The fourth-order valence-electron chi connectivity index (χ4n) is 3.58. The van der Waals surface area contributed by atoms with Crippen molar-refractivity contribution in [2.45, 2.75) is 50.7 Å². The van der Waals surface area contributed by atoms with E-state index >= 15 is 0 Å². The van der Waals surface area contributed by atoms with Crippen molar-refractivity contribution in [3.8, 4) is 17.0 Å². The largest absolute Gasteiger partial charge is 0.481 e. The lowest BCUT2D eigenvalue weighted by Crippen LogP contribution is -2.34. The Balaban J connectivity index is 1.95. The number of halogens is 4. The number of rotatable bonds is 4. The molecule has 4 nitrogen and oxygen atoms in total. The molecule has 1 N–H and O–H groups in total. The van der Waals surface area contributed by atoms with Gasteiger partial charge in [-0.15, -0.1) is 0 Å². The quantitative estimate of drug-likeness (QED) is 0.545. The molecule has 1 aliphatic carbocycles. The highest BCUT2D eigenvalue weighted by Gasteiger charge is 2.35. The number of alkyl halides is 3. The molecule has 1 aliphatic rings. The number of aromatic nitrogens is 1. The lowest BCUT2D eigenvalue weighted by Gasteiger charge is -2.17. The van der Waals surface area contributed by atoms with Gasteiger partial charge in [0.05, 0.1) is 18.2 Å². The molecular weight excluding hydrogens is 388 g/mol. The zero-order valence-corrected chi connectivity index (χ0v) is 16.0. The van der Waals surface area contributed by atoms with Crippen LogP contribution >= 0.6 is 0 Å². The van der Waals surface area contributed by atoms with Crippen LogP contribution in [0.4, 0.5) is 17.6 Å². The molecule has 0 aliphatic heterocycles. The second kappa shape index (κ2) is 8.80. The van der Waals surface area contributed by atoms with E-state index in [1.165, 1.54) is 25.4 Å². The summed E-state index contributed by atoms with van der Waals surface area (Å²) in [7, 11) is 1.28. The Morgan fingerprint density at radius 3 is 2.45 bits per heavy atom. The van der Waals surface area contributed by atoms with E-state index in [-0.39, 0.29) is 34.5 Å². The standard InChI is InChI=1S/C21H22F4N2O2/c1-29-20-16(15-9-6-10-17(18(15)22)21(23,24)25)11-13(12-26-20)19(28)27-14-7-4-2-3-5-8-14/h6,9-12,14H,2-5,7-8H2,1H3,(H,27,28). The van der Waals surface area contributed by atoms with E-state index in [0.717, 1.165) is 44.6 Å². The molecule has 0 atom stereocenters. The van der Waals surface area contributed by atoms with Crippen molar-refractivity contribution in [2.24, 2.45) is 0 Å². The number of carbonyl (C=O) groups excluding carboxylic acids is 1. The van der Waals surface area contributed by atoms with Crippen LogP contribution in [0.15, 0.2) is 30.5 Å². The second-order valence-electron chi connectivity index (χ2n) is 7.11. The number of nitrogens with one attached hydrogen (secondary N) is 1. The Hall–Kier alpha value is -2.64. The number of hydrogen-bond donors (Lipinski definition) is 1. The van der Waals surface area contributed by atoms with Crippen LogP contribution in [-0.2, 0) is 6.18 Å². The summed E-state index contributed by atoms with van der Waals surface area (Å²) < 4.78 is 58.9. The molecule has 0 unspecified atom stereocenters. The molecule has 0 saturated heterocycles. The van der Waals surface area contributed by atoms with Gasteiger partial charge in [0.15, 0.2) is 0 Å². The van der Waals surface area contributed by atoms with Crippen LogP contribution in [0.1, 0.15) is 54.4 Å². The summed E-state index contributed by atoms with van der Waals surface area (Å²) in [6.07, 6.45) is 2.54. The average Bonchev–Trinajstić information content (AvgIpc) is 2.95. The summed E-state index contributed by atoms with van der Waals surface area (Å²) in [5, 5.41) is 2.95. The summed E-state index contributed by atoms with van der Waals surface area (Å²) in [4.78, 5) is 16.7. The number of hydrogen-bond acceptors (Lipinski definition) is 3. The first-order chi connectivity index (χ1) is 13.8. The Morgan fingerprint density at radius 2 is 1.83 bits per heavy atom. The zero-order valence-electron chi connectivity index (χ0n) is 16.0. The minimum Gasteiger partial charge on any atom is -0.481 e. The number of carbonyl (C=O) groups is 1. The van der Waals surface area contributed by atoms with E-state index in [2.05, 4.69) is 10.3 Å². The maximum atomic E-state index is 14.6. The van der Waals surface area contributed by atoms with Crippen LogP contribution in [0.3, 0.4) is 0 Å². The van der Waals surface area contributed by atoms with Gasteiger partial charge in [0.2, 0.25) is 5.88 Å². The topological polar surface area (TPSA) is 51.2 Å². The molecule has 29 heavy (non-hydrogen) atoms. The molecule has 1 heterocycles. The second-order valence-corrected chi connectivity index (χ2v) is 7.11. The highest BCUT2D eigenvalue weighted by atomic mass is 19.4. The fraction of sp³-hybridized carbons (Fsp3) is 0.429. The van der Waals surface area contributed by atoms with Crippen molar-refractivity contribution >= 4 is 5.91 Å². The van der Waals surface area contributed by atoms with Crippen molar-refractivity contribution < 1.29 is 27.1 Å². The Kier molecular flexibility index (Phi) is 6.39. The van der Waals surface area contributed by atoms with Crippen LogP contribution in [0.25, 0.3) is 11.1 Å². The molecule has 156 valence electrons. The third-order valence-corrected chi connectivity index (χ3v) is 5.09. The van der Waals surface area contributed by atoms with Gasteiger partial charge in [-0.3, -0.25) is 4.79 Å². The summed E-state index contributed by atoms with van der Waals surface area (Å²) in [6, 6.07) is 4.34. The van der Waals surface area contributed by atoms with E-state index < -0.39 is 17.6 Å². The number of methoxy groups -OCH3 is 1. The lowest BCUT2D eigenvalue weighted by atomic mass is 10.0. The van der Waals surface area contributed by atoms with E-state index in [1.807, 2.05) is 0 Å². The van der Waals surface area contributed by atoms with Crippen molar-refractivity contribution in [1.29, 1.82) is 0 Å². The van der Waals surface area contributed by atoms with Crippen molar-refractivity contribution in [3.05, 3.63) is 47.4 Å². The highest BCUT2D eigenvalue weighted by Crippen LogP contribution is 2.38. The number of benzene rings is 1. The predicted octanol–water partition coefficient (Wildman–Crippen LogP) is 5.37. The average molecular weight is 410 g/mol. The maximum absolute atomic E-state index is 14.6. The van der Waals surface area contributed by atoms with E-state index in [1.54, 1.807) is 0 Å². The van der Waals surface area contributed by atoms with E-state index in [4.69, 9.17) is 4.74 Å². The molecule has 3 rings (SSSR count). The van der Waals surface area contributed by atoms with Crippen LogP contribution in [0, 0.1) is 5.82 Å². The van der Waals surface area contributed by atoms with Gasteiger partial charge in [-0.05, 0) is 25.0 Å². The molecule has 1 amide bonds. The molecule has 8 heteroatoms. The first kappa shape index (κ1) is 21.1. The predicted molar refractivity (Wildman–Crippen MR) is 100 cm³/mol.